The number of benzene rings is 1. The lowest BCUT2D eigenvalue weighted by Gasteiger charge is -2.34. The SMILES string of the molecule is CCOC(=O)C1CCCCN1C(=O)Cc1ccc2c(c1)OCCO2. The van der Waals surface area contributed by atoms with Crippen LogP contribution in [0.4, 0.5) is 0 Å². The van der Waals surface area contributed by atoms with E-state index in [4.69, 9.17) is 14.2 Å². The first-order chi connectivity index (χ1) is 11.7. The third kappa shape index (κ3) is 3.63. The Hall–Kier alpha value is -2.24. The Morgan fingerprint density at radius 1 is 1.21 bits per heavy atom. The number of esters is 1. The Kier molecular flexibility index (Phi) is 5.23. The molecule has 0 aromatic heterocycles. The summed E-state index contributed by atoms with van der Waals surface area (Å²) in [5.74, 6) is 1.03. The molecule has 1 aromatic carbocycles. The zero-order valence-corrected chi connectivity index (χ0v) is 14.0. The molecule has 0 N–H and O–H groups in total. The predicted molar refractivity (Wildman–Crippen MR) is 87.1 cm³/mol. The topological polar surface area (TPSA) is 65.1 Å². The van der Waals surface area contributed by atoms with Crippen LogP contribution >= 0.6 is 0 Å². The summed E-state index contributed by atoms with van der Waals surface area (Å²) in [6.07, 6.45) is 2.78. The van der Waals surface area contributed by atoms with Gasteiger partial charge in [-0.1, -0.05) is 6.07 Å². The summed E-state index contributed by atoms with van der Waals surface area (Å²) < 4.78 is 16.2. The molecule has 1 aromatic rings. The summed E-state index contributed by atoms with van der Waals surface area (Å²) >= 11 is 0. The van der Waals surface area contributed by atoms with Crippen LogP contribution in [-0.2, 0) is 20.7 Å². The molecular weight excluding hydrogens is 310 g/mol. The molecule has 2 aliphatic rings. The van der Waals surface area contributed by atoms with Crippen LogP contribution in [0.3, 0.4) is 0 Å². The molecule has 0 spiro atoms. The van der Waals surface area contributed by atoms with Gasteiger partial charge >= 0.3 is 5.97 Å². The van der Waals surface area contributed by atoms with Crippen molar-refractivity contribution in [1.82, 2.24) is 4.90 Å². The maximum Gasteiger partial charge on any atom is 0.328 e. The fraction of sp³-hybridized carbons (Fsp3) is 0.556. The smallest absolute Gasteiger partial charge is 0.328 e. The minimum Gasteiger partial charge on any atom is -0.486 e. The largest absolute Gasteiger partial charge is 0.486 e. The molecule has 0 radical (unpaired) electrons. The lowest BCUT2D eigenvalue weighted by Crippen LogP contribution is -2.49. The number of carbonyl (C=O) groups is 2. The number of hydrogen-bond donors (Lipinski definition) is 0. The van der Waals surface area contributed by atoms with Crippen LogP contribution in [0.2, 0.25) is 0 Å². The second-order valence-corrected chi connectivity index (χ2v) is 6.01. The van der Waals surface area contributed by atoms with Crippen LogP contribution in [0.1, 0.15) is 31.7 Å². The summed E-state index contributed by atoms with van der Waals surface area (Å²) in [5.41, 5.74) is 0.859. The highest BCUT2D eigenvalue weighted by Crippen LogP contribution is 2.31. The highest BCUT2D eigenvalue weighted by molar-refractivity contribution is 5.86. The molecule has 2 aliphatic heterocycles. The molecule has 3 rings (SSSR count). The standard InChI is InChI=1S/C18H23NO5/c1-2-22-18(21)14-5-3-4-8-19(14)17(20)12-13-6-7-15-16(11-13)24-10-9-23-15/h6-7,11,14H,2-5,8-10,12H2,1H3. The van der Waals surface area contributed by atoms with Crippen LogP contribution in [0, 0.1) is 0 Å². The normalized spacial score (nSPS) is 19.7. The first-order valence-corrected chi connectivity index (χ1v) is 8.53. The zero-order valence-electron chi connectivity index (χ0n) is 14.0. The van der Waals surface area contributed by atoms with Crippen LogP contribution in [-0.4, -0.2) is 49.2 Å². The van der Waals surface area contributed by atoms with Crippen LogP contribution < -0.4 is 9.47 Å². The van der Waals surface area contributed by atoms with Gasteiger partial charge in [-0.3, -0.25) is 4.79 Å². The second kappa shape index (κ2) is 7.55. The number of amides is 1. The molecule has 1 amide bonds. The molecule has 1 saturated heterocycles. The van der Waals surface area contributed by atoms with Gasteiger partial charge < -0.3 is 19.1 Å². The molecule has 1 atom stereocenters. The van der Waals surface area contributed by atoms with Crippen molar-refractivity contribution in [3.63, 3.8) is 0 Å². The second-order valence-electron chi connectivity index (χ2n) is 6.01. The molecule has 0 aliphatic carbocycles. The summed E-state index contributed by atoms with van der Waals surface area (Å²) in [6.45, 7) is 3.77. The van der Waals surface area contributed by atoms with Crippen molar-refractivity contribution < 1.29 is 23.8 Å². The number of hydrogen-bond acceptors (Lipinski definition) is 5. The zero-order chi connectivity index (χ0) is 16.9. The van der Waals surface area contributed by atoms with Crippen LogP contribution in [0.5, 0.6) is 11.5 Å². The molecule has 130 valence electrons. The summed E-state index contributed by atoms with van der Waals surface area (Å²) in [6, 6.07) is 5.09. The fourth-order valence-electron chi connectivity index (χ4n) is 3.19. The maximum atomic E-state index is 12.7. The van der Waals surface area contributed by atoms with Gasteiger partial charge in [0.2, 0.25) is 5.91 Å². The molecule has 6 heteroatoms. The van der Waals surface area contributed by atoms with Crippen molar-refractivity contribution in [3.05, 3.63) is 23.8 Å². The fourth-order valence-corrected chi connectivity index (χ4v) is 3.19. The number of rotatable bonds is 4. The number of likely N-dealkylation sites (tertiary alicyclic amines) is 1. The van der Waals surface area contributed by atoms with Crippen LogP contribution in [0.15, 0.2) is 18.2 Å². The first kappa shape index (κ1) is 16.6. The molecule has 24 heavy (non-hydrogen) atoms. The number of carbonyl (C=O) groups excluding carboxylic acids is 2. The van der Waals surface area contributed by atoms with E-state index < -0.39 is 6.04 Å². The van der Waals surface area contributed by atoms with Crippen molar-refractivity contribution >= 4 is 11.9 Å². The molecule has 0 saturated carbocycles. The van der Waals surface area contributed by atoms with E-state index in [9.17, 15) is 9.59 Å². The van der Waals surface area contributed by atoms with Crippen molar-refractivity contribution in [2.45, 2.75) is 38.6 Å². The van der Waals surface area contributed by atoms with E-state index in [0.29, 0.717) is 44.3 Å². The average molecular weight is 333 g/mol. The monoisotopic (exact) mass is 333 g/mol. The van der Waals surface area contributed by atoms with E-state index >= 15 is 0 Å². The molecular formula is C18H23NO5. The van der Waals surface area contributed by atoms with Crippen molar-refractivity contribution in [2.75, 3.05) is 26.4 Å². The van der Waals surface area contributed by atoms with Crippen molar-refractivity contribution in [1.29, 1.82) is 0 Å². The van der Waals surface area contributed by atoms with E-state index in [1.165, 1.54) is 0 Å². The Labute approximate surface area is 141 Å². The van der Waals surface area contributed by atoms with Gasteiger partial charge in [-0.05, 0) is 43.9 Å². The van der Waals surface area contributed by atoms with Gasteiger partial charge in [0.15, 0.2) is 11.5 Å². The summed E-state index contributed by atoms with van der Waals surface area (Å²) in [7, 11) is 0. The van der Waals surface area contributed by atoms with E-state index in [0.717, 1.165) is 18.4 Å². The van der Waals surface area contributed by atoms with Gasteiger partial charge in [-0.15, -0.1) is 0 Å². The minimum atomic E-state index is -0.455. The number of ether oxygens (including phenoxy) is 3. The molecule has 1 unspecified atom stereocenters. The molecule has 0 bridgehead atoms. The Balaban J connectivity index is 1.69. The van der Waals surface area contributed by atoms with Crippen LogP contribution in [0.25, 0.3) is 0 Å². The lowest BCUT2D eigenvalue weighted by atomic mass is 10.0. The van der Waals surface area contributed by atoms with Gasteiger partial charge in [-0.25, -0.2) is 4.79 Å². The highest BCUT2D eigenvalue weighted by Gasteiger charge is 2.33. The lowest BCUT2D eigenvalue weighted by molar-refractivity contribution is -0.156. The average Bonchev–Trinajstić information content (AvgIpc) is 2.62. The molecule has 6 nitrogen and oxygen atoms in total. The Morgan fingerprint density at radius 3 is 2.79 bits per heavy atom. The van der Waals surface area contributed by atoms with E-state index in [-0.39, 0.29) is 18.3 Å². The van der Waals surface area contributed by atoms with E-state index in [1.807, 2.05) is 18.2 Å². The summed E-state index contributed by atoms with van der Waals surface area (Å²) in [4.78, 5) is 26.5. The quantitative estimate of drug-likeness (QED) is 0.788. The third-order valence-corrected chi connectivity index (χ3v) is 4.34. The van der Waals surface area contributed by atoms with Gasteiger partial charge in [0.25, 0.3) is 0 Å². The Bertz CT molecular complexity index is 615. The maximum absolute atomic E-state index is 12.7. The van der Waals surface area contributed by atoms with Gasteiger partial charge in [0.1, 0.15) is 19.3 Å². The number of nitrogens with zero attached hydrogens (tertiary/aromatic N) is 1. The van der Waals surface area contributed by atoms with E-state index in [2.05, 4.69) is 0 Å². The molecule has 1 fully saturated rings. The van der Waals surface area contributed by atoms with Crippen molar-refractivity contribution in [2.24, 2.45) is 0 Å². The van der Waals surface area contributed by atoms with E-state index in [1.54, 1.807) is 11.8 Å². The minimum absolute atomic E-state index is 0.0515. The van der Waals surface area contributed by atoms with Gasteiger partial charge in [0.05, 0.1) is 13.0 Å². The third-order valence-electron chi connectivity index (χ3n) is 4.34. The Morgan fingerprint density at radius 2 is 2.00 bits per heavy atom. The molecule has 2 heterocycles. The summed E-state index contributed by atoms with van der Waals surface area (Å²) in [5, 5.41) is 0. The number of fused-ring (bicyclic) bond motifs is 1. The van der Waals surface area contributed by atoms with Gasteiger partial charge in [-0.2, -0.15) is 0 Å². The predicted octanol–water partition coefficient (Wildman–Crippen LogP) is 1.94. The number of piperidine rings is 1. The van der Waals surface area contributed by atoms with Crippen molar-refractivity contribution in [3.8, 4) is 11.5 Å². The van der Waals surface area contributed by atoms with Gasteiger partial charge in [0, 0.05) is 6.54 Å². The highest BCUT2D eigenvalue weighted by atomic mass is 16.6. The first-order valence-electron chi connectivity index (χ1n) is 8.53.